The van der Waals surface area contributed by atoms with Gasteiger partial charge in [0.25, 0.3) is 0 Å². The third kappa shape index (κ3) is 3.87. The molecule has 1 atom stereocenters. The maximum Gasteiger partial charge on any atom is 0.228 e. The van der Waals surface area contributed by atoms with Gasteiger partial charge in [0.05, 0.1) is 18.4 Å². The summed E-state index contributed by atoms with van der Waals surface area (Å²) in [5, 5.41) is 0. The van der Waals surface area contributed by atoms with E-state index in [0.29, 0.717) is 5.76 Å². The molecule has 2 heterocycles. The van der Waals surface area contributed by atoms with Crippen LogP contribution in [0.25, 0.3) is 11.3 Å². The lowest BCUT2D eigenvalue weighted by atomic mass is 9.98. The number of hydrogen-bond donors (Lipinski definition) is 0. The fraction of sp³-hybridized carbons (Fsp3) is 0.160. The Morgan fingerprint density at radius 3 is 2.38 bits per heavy atom. The van der Waals surface area contributed by atoms with Crippen LogP contribution in [0.1, 0.15) is 34.2 Å². The number of fused-ring (bicyclic) bond motifs is 1. The lowest BCUT2D eigenvalue weighted by Gasteiger charge is -2.27. The Bertz CT molecular complexity index is 1100. The molecule has 1 unspecified atom stereocenters. The van der Waals surface area contributed by atoms with Crippen molar-refractivity contribution < 1.29 is 14.2 Å². The van der Waals surface area contributed by atoms with Gasteiger partial charge in [-0.2, -0.15) is 0 Å². The van der Waals surface area contributed by atoms with Gasteiger partial charge in [-0.05, 0) is 55.5 Å². The lowest BCUT2D eigenvalue weighted by molar-refractivity contribution is -0.0771. The van der Waals surface area contributed by atoms with E-state index >= 15 is 0 Å². The number of nitrogens with zero attached hydrogens (tertiary/aromatic N) is 1. The highest BCUT2D eigenvalue weighted by atomic mass is 16.7. The average molecular weight is 383 g/mol. The summed E-state index contributed by atoms with van der Waals surface area (Å²) in [4.78, 5) is 4.59. The summed E-state index contributed by atoms with van der Waals surface area (Å²) in [5.41, 5.74) is 5.39. The topological polar surface area (TPSA) is 40.6 Å². The summed E-state index contributed by atoms with van der Waals surface area (Å²) < 4.78 is 17.1. The first kappa shape index (κ1) is 18.8. The zero-order chi connectivity index (χ0) is 20.2. The van der Waals surface area contributed by atoms with Crippen molar-refractivity contribution in [1.82, 2.24) is 4.98 Å². The Labute approximate surface area is 170 Å². The van der Waals surface area contributed by atoms with E-state index in [2.05, 4.69) is 23.7 Å². The molecule has 0 amide bonds. The molecule has 0 saturated carbocycles. The predicted octanol–water partition coefficient (Wildman–Crippen LogP) is 4.99. The molecule has 144 valence electrons. The standard InChI is InChI=1S/C25H21NO3/c1-17-6-8-18(9-7-17)10-15-21-23-22(5-4-16-26-23)25(28-3)29-24(21)19-11-13-20(27-2)14-12-19/h4-9,11-14,16,25H,1-3H3. The highest BCUT2D eigenvalue weighted by Gasteiger charge is 2.29. The van der Waals surface area contributed by atoms with E-state index in [1.807, 2.05) is 60.7 Å². The molecule has 1 aromatic heterocycles. The smallest absolute Gasteiger partial charge is 0.228 e. The normalized spacial score (nSPS) is 15.1. The van der Waals surface area contributed by atoms with Crippen LogP contribution in [-0.2, 0) is 9.47 Å². The average Bonchev–Trinajstić information content (AvgIpc) is 2.78. The molecule has 0 fully saturated rings. The van der Waals surface area contributed by atoms with Gasteiger partial charge >= 0.3 is 0 Å². The Kier molecular flexibility index (Phi) is 5.33. The largest absolute Gasteiger partial charge is 0.497 e. The van der Waals surface area contributed by atoms with Crippen LogP contribution in [0.2, 0.25) is 0 Å². The van der Waals surface area contributed by atoms with Crippen molar-refractivity contribution in [2.24, 2.45) is 0 Å². The van der Waals surface area contributed by atoms with E-state index in [1.165, 1.54) is 5.56 Å². The molecular formula is C25H21NO3. The molecule has 3 aromatic rings. The van der Waals surface area contributed by atoms with E-state index in [0.717, 1.165) is 33.7 Å². The molecule has 0 aliphatic carbocycles. The van der Waals surface area contributed by atoms with E-state index in [1.54, 1.807) is 20.4 Å². The first-order valence-corrected chi connectivity index (χ1v) is 9.31. The number of benzene rings is 2. The predicted molar refractivity (Wildman–Crippen MR) is 113 cm³/mol. The number of ether oxygens (including phenoxy) is 3. The van der Waals surface area contributed by atoms with Gasteiger partial charge in [0.2, 0.25) is 6.29 Å². The van der Waals surface area contributed by atoms with Gasteiger partial charge in [-0.15, -0.1) is 0 Å². The van der Waals surface area contributed by atoms with Gasteiger partial charge in [0, 0.05) is 30.0 Å². The Hall–Kier alpha value is -3.55. The summed E-state index contributed by atoms with van der Waals surface area (Å²) in [6.45, 7) is 2.06. The van der Waals surface area contributed by atoms with Crippen molar-refractivity contribution in [2.75, 3.05) is 14.2 Å². The van der Waals surface area contributed by atoms with Crippen LogP contribution in [0.4, 0.5) is 0 Å². The van der Waals surface area contributed by atoms with Gasteiger partial charge in [0.1, 0.15) is 11.5 Å². The third-order valence-electron chi connectivity index (χ3n) is 4.73. The van der Waals surface area contributed by atoms with E-state index in [4.69, 9.17) is 14.2 Å². The second-order valence-electron chi connectivity index (χ2n) is 6.68. The highest BCUT2D eigenvalue weighted by molar-refractivity contribution is 5.97. The maximum absolute atomic E-state index is 6.22. The Balaban J connectivity index is 1.88. The van der Waals surface area contributed by atoms with E-state index < -0.39 is 6.29 Å². The highest BCUT2D eigenvalue weighted by Crippen LogP contribution is 2.40. The Morgan fingerprint density at radius 2 is 1.69 bits per heavy atom. The molecule has 4 nitrogen and oxygen atoms in total. The molecule has 29 heavy (non-hydrogen) atoms. The second kappa shape index (κ2) is 8.22. The first-order valence-electron chi connectivity index (χ1n) is 9.31. The van der Waals surface area contributed by atoms with Crippen molar-refractivity contribution >= 4 is 11.3 Å². The molecule has 0 spiro atoms. The van der Waals surface area contributed by atoms with Crippen molar-refractivity contribution in [1.29, 1.82) is 0 Å². The molecule has 4 heteroatoms. The van der Waals surface area contributed by atoms with Crippen LogP contribution < -0.4 is 4.74 Å². The van der Waals surface area contributed by atoms with Gasteiger partial charge in [0.15, 0.2) is 0 Å². The first-order chi connectivity index (χ1) is 14.2. The zero-order valence-corrected chi connectivity index (χ0v) is 16.6. The fourth-order valence-electron chi connectivity index (χ4n) is 3.17. The molecule has 0 saturated heterocycles. The van der Waals surface area contributed by atoms with Gasteiger partial charge < -0.3 is 14.2 Å². The minimum absolute atomic E-state index is 0.541. The van der Waals surface area contributed by atoms with Crippen LogP contribution >= 0.6 is 0 Å². The molecular weight excluding hydrogens is 362 g/mol. The minimum atomic E-state index is -0.541. The van der Waals surface area contributed by atoms with Crippen molar-refractivity contribution in [3.8, 4) is 17.6 Å². The molecule has 0 radical (unpaired) electrons. The summed E-state index contributed by atoms with van der Waals surface area (Å²) in [6.07, 6.45) is 1.22. The molecule has 4 rings (SSSR count). The minimum Gasteiger partial charge on any atom is -0.497 e. The molecule has 1 aliphatic rings. The lowest BCUT2D eigenvalue weighted by Crippen LogP contribution is -2.16. The molecule has 2 aromatic carbocycles. The number of pyridine rings is 1. The van der Waals surface area contributed by atoms with Crippen LogP contribution in [0.5, 0.6) is 5.75 Å². The number of aromatic nitrogens is 1. The number of hydrogen-bond acceptors (Lipinski definition) is 4. The molecule has 0 N–H and O–H groups in total. The number of aryl methyl sites for hydroxylation is 1. The number of rotatable bonds is 3. The van der Waals surface area contributed by atoms with Gasteiger partial charge in [-0.3, -0.25) is 4.98 Å². The summed E-state index contributed by atoms with van der Waals surface area (Å²) in [7, 11) is 3.26. The van der Waals surface area contributed by atoms with Crippen LogP contribution in [0.3, 0.4) is 0 Å². The van der Waals surface area contributed by atoms with Crippen LogP contribution in [0, 0.1) is 18.8 Å². The van der Waals surface area contributed by atoms with Gasteiger partial charge in [-0.1, -0.05) is 29.5 Å². The summed E-state index contributed by atoms with van der Waals surface area (Å²) in [6, 6.07) is 19.6. The van der Waals surface area contributed by atoms with Crippen molar-refractivity contribution in [3.63, 3.8) is 0 Å². The SMILES string of the molecule is COc1ccc(C2=C(C#Cc3ccc(C)cc3)c3ncccc3C(OC)O2)cc1. The zero-order valence-electron chi connectivity index (χ0n) is 16.6. The summed E-state index contributed by atoms with van der Waals surface area (Å²) in [5.74, 6) is 7.96. The quantitative estimate of drug-likeness (QED) is 0.597. The van der Waals surface area contributed by atoms with Crippen LogP contribution in [0.15, 0.2) is 66.9 Å². The van der Waals surface area contributed by atoms with Crippen LogP contribution in [-0.4, -0.2) is 19.2 Å². The van der Waals surface area contributed by atoms with Crippen molar-refractivity contribution in [3.05, 3.63) is 94.8 Å². The summed E-state index contributed by atoms with van der Waals surface area (Å²) >= 11 is 0. The van der Waals surface area contributed by atoms with Gasteiger partial charge in [-0.25, -0.2) is 0 Å². The fourth-order valence-corrected chi connectivity index (χ4v) is 3.17. The van der Waals surface area contributed by atoms with E-state index in [-0.39, 0.29) is 0 Å². The third-order valence-corrected chi connectivity index (χ3v) is 4.73. The monoisotopic (exact) mass is 383 g/mol. The number of methoxy groups -OCH3 is 2. The number of allylic oxidation sites excluding steroid dienone is 1. The Morgan fingerprint density at radius 1 is 0.931 bits per heavy atom. The van der Waals surface area contributed by atoms with Crippen molar-refractivity contribution in [2.45, 2.75) is 13.2 Å². The maximum atomic E-state index is 6.22. The second-order valence-corrected chi connectivity index (χ2v) is 6.68. The van der Waals surface area contributed by atoms with E-state index in [9.17, 15) is 0 Å². The molecule has 0 bridgehead atoms. The molecule has 1 aliphatic heterocycles.